The van der Waals surface area contributed by atoms with Crippen molar-refractivity contribution in [3.05, 3.63) is 23.8 Å². The Kier molecular flexibility index (Phi) is 3.94. The van der Waals surface area contributed by atoms with Crippen LogP contribution in [0.1, 0.15) is 12.5 Å². The quantitative estimate of drug-likeness (QED) is 0.676. The van der Waals surface area contributed by atoms with Crippen molar-refractivity contribution in [3.63, 3.8) is 0 Å². The summed E-state index contributed by atoms with van der Waals surface area (Å²) < 4.78 is 5.33. The second-order valence-electron chi connectivity index (χ2n) is 2.62. The third-order valence-corrected chi connectivity index (χ3v) is 2.56. The Morgan fingerprint density at radius 2 is 2.31 bits per heavy atom. The lowest BCUT2D eigenvalue weighted by Crippen LogP contribution is -2.03. The normalized spacial score (nSPS) is 10.7. The van der Waals surface area contributed by atoms with Gasteiger partial charge in [0.1, 0.15) is 5.75 Å². The van der Waals surface area contributed by atoms with Gasteiger partial charge in [0.05, 0.1) is 6.61 Å². The maximum Gasteiger partial charge on any atom is 0.119 e. The van der Waals surface area contributed by atoms with Gasteiger partial charge in [-0.15, -0.1) is 0 Å². The summed E-state index contributed by atoms with van der Waals surface area (Å²) in [6, 6.07) is 5.77. The van der Waals surface area contributed by atoms with Crippen molar-refractivity contribution in [1.29, 1.82) is 0 Å². The minimum atomic E-state index is 0.671. The first-order chi connectivity index (χ1) is 6.27. The number of benzene rings is 1. The Bertz CT molecular complexity index is 308. The average Bonchev–Trinajstić information content (AvgIpc) is 2.10. The van der Waals surface area contributed by atoms with Gasteiger partial charge in [-0.1, -0.05) is 8.20 Å². The molecule has 0 atom stereocenters. The van der Waals surface area contributed by atoms with Crippen LogP contribution < -0.4 is 15.1 Å². The van der Waals surface area contributed by atoms with Crippen LogP contribution in [0, 0.1) is 6.92 Å². The highest BCUT2D eigenvalue weighted by atomic mass is 31.1. The van der Waals surface area contributed by atoms with Gasteiger partial charge in [0.15, 0.2) is 0 Å². The van der Waals surface area contributed by atoms with Crippen molar-refractivity contribution < 1.29 is 9.84 Å². The fraction of sp³-hybridized carbons (Fsp3) is 0.300. The van der Waals surface area contributed by atoms with E-state index in [1.807, 2.05) is 32.0 Å². The second kappa shape index (κ2) is 5.00. The van der Waals surface area contributed by atoms with Crippen LogP contribution in [0.3, 0.4) is 0 Å². The Balaban J connectivity index is 2.91. The topological polar surface area (TPSA) is 32.3 Å². The van der Waals surface area contributed by atoms with Gasteiger partial charge in [0.2, 0.25) is 0 Å². The minimum Gasteiger partial charge on any atom is -0.830 e. The molecule has 2 nitrogen and oxygen atoms in total. The van der Waals surface area contributed by atoms with Gasteiger partial charge in [-0.05, 0) is 37.6 Å². The number of aryl methyl sites for hydroxylation is 1. The average molecular weight is 195 g/mol. The van der Waals surface area contributed by atoms with E-state index in [1.165, 1.54) is 0 Å². The van der Waals surface area contributed by atoms with Crippen LogP contribution in [0.5, 0.6) is 5.75 Å². The standard InChI is InChI=1S/C10H13O2P/c1-3-12-9-4-5-10(13-7-11)8(2)6-9/h4-7,11H,3H2,1-2H3/p-1. The largest absolute Gasteiger partial charge is 0.830 e. The summed E-state index contributed by atoms with van der Waals surface area (Å²) in [6.45, 7) is 4.60. The number of hydrogen-bond donors (Lipinski definition) is 0. The number of ether oxygens (including phenoxy) is 1. The van der Waals surface area contributed by atoms with Crippen LogP contribution in [0.15, 0.2) is 18.2 Å². The molecular formula is C10H12O2P-. The highest BCUT2D eigenvalue weighted by Crippen LogP contribution is 2.13. The molecule has 0 spiro atoms. The molecule has 1 aromatic rings. The molecule has 0 N–H and O–H groups in total. The van der Waals surface area contributed by atoms with Gasteiger partial charge in [0.25, 0.3) is 0 Å². The molecule has 0 aliphatic heterocycles. The molecule has 0 bridgehead atoms. The Hall–Kier alpha value is -0.850. The SMILES string of the molecule is CCOc1ccc(P=C[O-])c(C)c1. The summed E-state index contributed by atoms with van der Waals surface area (Å²) in [5.41, 5.74) is 1.10. The molecule has 0 heterocycles. The number of rotatable bonds is 3. The molecule has 0 amide bonds. The predicted molar refractivity (Wildman–Crippen MR) is 55.0 cm³/mol. The van der Waals surface area contributed by atoms with Gasteiger partial charge in [-0.2, -0.15) is 5.98 Å². The predicted octanol–water partition coefficient (Wildman–Crippen LogP) is 1.09. The summed E-state index contributed by atoms with van der Waals surface area (Å²) >= 11 is 0. The first-order valence-corrected chi connectivity index (χ1v) is 5.12. The monoisotopic (exact) mass is 195 g/mol. The molecule has 1 aromatic carbocycles. The second-order valence-corrected chi connectivity index (χ2v) is 3.57. The molecule has 0 saturated carbocycles. The van der Waals surface area contributed by atoms with Crippen LogP contribution in [-0.4, -0.2) is 12.6 Å². The summed E-state index contributed by atoms with van der Waals surface area (Å²) in [5, 5.41) is 11.3. The van der Waals surface area contributed by atoms with E-state index in [0.717, 1.165) is 30.8 Å². The van der Waals surface area contributed by atoms with Crippen molar-refractivity contribution >= 4 is 19.5 Å². The lowest BCUT2D eigenvalue weighted by molar-refractivity contribution is -0.195. The van der Waals surface area contributed by atoms with E-state index < -0.39 is 0 Å². The molecule has 0 unspecified atom stereocenters. The van der Waals surface area contributed by atoms with Crippen LogP contribution in [0.25, 0.3) is 0 Å². The maximum absolute atomic E-state index is 10.3. The highest BCUT2D eigenvalue weighted by molar-refractivity contribution is 7.46. The first-order valence-electron chi connectivity index (χ1n) is 4.16. The van der Waals surface area contributed by atoms with E-state index >= 15 is 0 Å². The number of hydrogen-bond acceptors (Lipinski definition) is 2. The van der Waals surface area contributed by atoms with Crippen molar-refractivity contribution in [1.82, 2.24) is 0 Å². The minimum absolute atomic E-state index is 0.671. The smallest absolute Gasteiger partial charge is 0.119 e. The zero-order valence-corrected chi connectivity index (χ0v) is 8.67. The molecule has 0 saturated heterocycles. The highest BCUT2D eigenvalue weighted by Gasteiger charge is 1.96. The fourth-order valence-electron chi connectivity index (χ4n) is 1.09. The molecule has 70 valence electrons. The first kappa shape index (κ1) is 10.2. The van der Waals surface area contributed by atoms with Crippen molar-refractivity contribution in [3.8, 4) is 5.75 Å². The van der Waals surface area contributed by atoms with Gasteiger partial charge < -0.3 is 9.84 Å². The summed E-state index contributed by atoms with van der Waals surface area (Å²) in [6.07, 6.45) is 0. The van der Waals surface area contributed by atoms with Crippen LogP contribution in [0.2, 0.25) is 0 Å². The van der Waals surface area contributed by atoms with E-state index in [9.17, 15) is 5.11 Å². The zero-order valence-electron chi connectivity index (χ0n) is 7.78. The van der Waals surface area contributed by atoms with Gasteiger partial charge in [0, 0.05) is 5.30 Å². The Morgan fingerprint density at radius 3 is 2.85 bits per heavy atom. The van der Waals surface area contributed by atoms with E-state index in [4.69, 9.17) is 4.74 Å². The van der Waals surface area contributed by atoms with Crippen LogP contribution in [-0.2, 0) is 0 Å². The third kappa shape index (κ3) is 2.83. The molecule has 3 heteroatoms. The van der Waals surface area contributed by atoms with Crippen LogP contribution in [0.4, 0.5) is 0 Å². The third-order valence-electron chi connectivity index (χ3n) is 1.67. The van der Waals surface area contributed by atoms with Gasteiger partial charge in [-0.25, -0.2) is 0 Å². The Labute approximate surface area is 80.0 Å². The van der Waals surface area contributed by atoms with E-state index in [2.05, 4.69) is 0 Å². The van der Waals surface area contributed by atoms with Crippen LogP contribution >= 0.6 is 8.20 Å². The molecule has 0 aliphatic carbocycles. The van der Waals surface area contributed by atoms with E-state index in [-0.39, 0.29) is 0 Å². The summed E-state index contributed by atoms with van der Waals surface area (Å²) in [5.74, 6) is 1.76. The lowest BCUT2D eigenvalue weighted by atomic mass is 10.2. The summed E-state index contributed by atoms with van der Waals surface area (Å²) in [4.78, 5) is 0. The molecule has 0 fully saturated rings. The summed E-state index contributed by atoms with van der Waals surface area (Å²) in [7, 11) is 0.720. The fourth-order valence-corrected chi connectivity index (χ4v) is 1.63. The van der Waals surface area contributed by atoms with Crippen molar-refractivity contribution in [2.24, 2.45) is 0 Å². The van der Waals surface area contributed by atoms with E-state index in [1.54, 1.807) is 0 Å². The van der Waals surface area contributed by atoms with Crippen molar-refractivity contribution in [2.75, 3.05) is 6.61 Å². The molecular weight excluding hydrogens is 183 g/mol. The van der Waals surface area contributed by atoms with Gasteiger partial charge >= 0.3 is 0 Å². The van der Waals surface area contributed by atoms with Crippen molar-refractivity contribution in [2.45, 2.75) is 13.8 Å². The molecule has 0 aliphatic rings. The molecule has 0 aromatic heterocycles. The molecule has 1 rings (SSSR count). The van der Waals surface area contributed by atoms with Gasteiger partial charge in [-0.3, -0.25) is 0 Å². The molecule has 0 radical (unpaired) electrons. The molecule has 13 heavy (non-hydrogen) atoms. The maximum atomic E-state index is 10.3. The Morgan fingerprint density at radius 1 is 1.54 bits per heavy atom. The lowest BCUT2D eigenvalue weighted by Gasteiger charge is -2.06. The zero-order chi connectivity index (χ0) is 9.68. The van der Waals surface area contributed by atoms with E-state index in [0.29, 0.717) is 6.61 Å².